The second kappa shape index (κ2) is 10.3. The quantitative estimate of drug-likeness (QED) is 0.400. The largest absolute Gasteiger partial charge is 0.365 e. The van der Waals surface area contributed by atoms with Crippen molar-refractivity contribution in [3.8, 4) is 0 Å². The first-order chi connectivity index (χ1) is 17.4. The molecule has 0 saturated carbocycles. The first-order valence-electron chi connectivity index (χ1n) is 12.0. The first kappa shape index (κ1) is 24.3. The summed E-state index contributed by atoms with van der Waals surface area (Å²) in [6.07, 6.45) is 0. The minimum Gasteiger partial charge on any atom is -0.365 e. The highest BCUT2D eigenvalue weighted by atomic mass is 32.2. The molecule has 1 N–H and O–H groups in total. The third-order valence-corrected chi connectivity index (χ3v) is 8.48. The molecule has 1 fully saturated rings. The number of nitrogens with zero attached hydrogens (tertiary/aromatic N) is 4. The van der Waals surface area contributed by atoms with E-state index in [0.29, 0.717) is 38.5 Å². The molecule has 4 aromatic rings. The molecule has 0 aliphatic carbocycles. The molecule has 7 nitrogen and oxygen atoms in total. The Bertz CT molecular complexity index is 1440. The van der Waals surface area contributed by atoms with Crippen molar-refractivity contribution in [1.29, 1.82) is 0 Å². The van der Waals surface area contributed by atoms with Gasteiger partial charge >= 0.3 is 0 Å². The lowest BCUT2D eigenvalue weighted by atomic mass is 10.2. The van der Waals surface area contributed by atoms with Crippen molar-refractivity contribution in [2.24, 2.45) is 0 Å². The van der Waals surface area contributed by atoms with Gasteiger partial charge in [0.1, 0.15) is 17.5 Å². The van der Waals surface area contributed by atoms with E-state index in [-0.39, 0.29) is 10.9 Å². The fourth-order valence-electron chi connectivity index (χ4n) is 4.45. The van der Waals surface area contributed by atoms with Crippen LogP contribution in [0.2, 0.25) is 0 Å². The number of para-hydroxylation sites is 1. The van der Waals surface area contributed by atoms with E-state index in [1.54, 1.807) is 0 Å². The van der Waals surface area contributed by atoms with Crippen LogP contribution in [0, 0.1) is 5.82 Å². The highest BCUT2D eigenvalue weighted by Crippen LogP contribution is 2.27. The van der Waals surface area contributed by atoms with Crippen molar-refractivity contribution in [2.75, 3.05) is 31.5 Å². The molecule has 0 spiro atoms. The number of halogens is 1. The van der Waals surface area contributed by atoms with E-state index in [4.69, 9.17) is 9.97 Å². The Labute approximate surface area is 210 Å². The number of fused-ring (bicyclic) bond motifs is 1. The van der Waals surface area contributed by atoms with Crippen LogP contribution < -0.4 is 5.32 Å². The van der Waals surface area contributed by atoms with Gasteiger partial charge < -0.3 is 5.32 Å². The lowest BCUT2D eigenvalue weighted by molar-refractivity contribution is 0.141. The average Bonchev–Trinajstić information content (AvgIpc) is 2.92. The van der Waals surface area contributed by atoms with Crippen molar-refractivity contribution in [1.82, 2.24) is 19.2 Å². The molecule has 9 heteroatoms. The van der Waals surface area contributed by atoms with Crippen molar-refractivity contribution in [3.05, 3.63) is 96.1 Å². The highest BCUT2D eigenvalue weighted by molar-refractivity contribution is 7.89. The molecular weight excluding hydrogens is 477 g/mol. The van der Waals surface area contributed by atoms with Crippen molar-refractivity contribution in [2.45, 2.75) is 24.4 Å². The number of hydrogen-bond donors (Lipinski definition) is 1. The molecule has 1 atom stereocenters. The van der Waals surface area contributed by atoms with Gasteiger partial charge in [0.2, 0.25) is 10.0 Å². The van der Waals surface area contributed by atoms with Gasteiger partial charge in [-0.3, -0.25) is 4.90 Å². The summed E-state index contributed by atoms with van der Waals surface area (Å²) in [6, 6.07) is 23.0. The van der Waals surface area contributed by atoms with E-state index in [1.807, 2.05) is 42.5 Å². The lowest BCUT2D eigenvalue weighted by Gasteiger charge is -2.36. The van der Waals surface area contributed by atoms with Crippen molar-refractivity contribution < 1.29 is 12.8 Å². The van der Waals surface area contributed by atoms with Gasteiger partial charge in [-0.25, -0.2) is 22.8 Å². The van der Waals surface area contributed by atoms with Crippen LogP contribution in [0.3, 0.4) is 0 Å². The van der Waals surface area contributed by atoms with Gasteiger partial charge in [0.15, 0.2) is 0 Å². The number of nitrogens with one attached hydrogen (secondary N) is 1. The van der Waals surface area contributed by atoms with Crippen LogP contribution in [0.15, 0.2) is 83.8 Å². The molecule has 0 amide bonds. The smallest absolute Gasteiger partial charge is 0.243 e. The lowest BCUT2D eigenvalue weighted by Crippen LogP contribution is -2.49. The maximum Gasteiger partial charge on any atom is 0.243 e. The predicted molar refractivity (Wildman–Crippen MR) is 138 cm³/mol. The summed E-state index contributed by atoms with van der Waals surface area (Å²) >= 11 is 0. The topological polar surface area (TPSA) is 78.4 Å². The summed E-state index contributed by atoms with van der Waals surface area (Å²) in [5, 5.41) is 4.43. The average molecular weight is 506 g/mol. The maximum atomic E-state index is 13.2. The second-order valence-corrected chi connectivity index (χ2v) is 10.8. The van der Waals surface area contributed by atoms with E-state index in [9.17, 15) is 12.8 Å². The van der Waals surface area contributed by atoms with Gasteiger partial charge in [-0.2, -0.15) is 4.31 Å². The van der Waals surface area contributed by atoms with Gasteiger partial charge in [0.05, 0.1) is 16.5 Å². The number of aromatic nitrogens is 2. The predicted octanol–water partition coefficient (Wildman–Crippen LogP) is 4.45. The highest BCUT2D eigenvalue weighted by Gasteiger charge is 2.31. The van der Waals surface area contributed by atoms with Crippen molar-refractivity contribution >= 4 is 26.7 Å². The molecule has 0 bridgehead atoms. The summed E-state index contributed by atoms with van der Waals surface area (Å²) in [6.45, 7) is 4.48. The normalized spacial score (nSPS) is 16.2. The molecule has 186 valence electrons. The van der Waals surface area contributed by atoms with E-state index < -0.39 is 15.8 Å². The van der Waals surface area contributed by atoms with Gasteiger partial charge in [-0.1, -0.05) is 42.5 Å². The maximum absolute atomic E-state index is 13.2. The fourth-order valence-corrected chi connectivity index (χ4v) is 5.87. The molecular formula is C27H28FN5O2S. The number of anilines is 1. The van der Waals surface area contributed by atoms with Crippen LogP contribution in [-0.2, 0) is 16.6 Å². The van der Waals surface area contributed by atoms with E-state index in [1.165, 1.54) is 28.6 Å². The third-order valence-electron chi connectivity index (χ3n) is 6.57. The summed E-state index contributed by atoms with van der Waals surface area (Å²) in [5.74, 6) is 1.02. The zero-order valence-corrected chi connectivity index (χ0v) is 20.8. The fraction of sp³-hybridized carbons (Fsp3) is 0.259. The molecule has 36 heavy (non-hydrogen) atoms. The SMILES string of the molecule is C[C@@H](c1nc(NCc2ccccc2)c2ccccc2n1)N1CCN(S(=O)(=O)c2ccc(F)cc2)CC1. The molecule has 0 unspecified atom stereocenters. The molecule has 3 aromatic carbocycles. The Morgan fingerprint density at radius 1 is 0.889 bits per heavy atom. The zero-order valence-electron chi connectivity index (χ0n) is 20.0. The summed E-state index contributed by atoms with van der Waals surface area (Å²) < 4.78 is 40.7. The molecule has 5 rings (SSSR count). The number of benzene rings is 3. The monoisotopic (exact) mass is 505 g/mol. The Kier molecular flexibility index (Phi) is 6.95. The minimum atomic E-state index is -3.66. The van der Waals surface area contributed by atoms with E-state index >= 15 is 0 Å². The summed E-state index contributed by atoms with van der Waals surface area (Å²) in [7, 11) is -3.66. The van der Waals surface area contributed by atoms with Crippen LogP contribution in [-0.4, -0.2) is 53.8 Å². The van der Waals surface area contributed by atoms with Crippen LogP contribution in [0.1, 0.15) is 24.4 Å². The van der Waals surface area contributed by atoms with Gasteiger partial charge in [0, 0.05) is 38.1 Å². The number of hydrogen-bond acceptors (Lipinski definition) is 6. The Morgan fingerprint density at radius 3 is 2.28 bits per heavy atom. The van der Waals surface area contributed by atoms with Crippen LogP contribution in [0.4, 0.5) is 10.2 Å². The second-order valence-electron chi connectivity index (χ2n) is 8.86. The summed E-state index contributed by atoms with van der Waals surface area (Å²) in [5.41, 5.74) is 2.02. The standard InChI is InChI=1S/C27H28FN5O2S/c1-20(32-15-17-33(18-16-32)36(34,35)23-13-11-22(28)12-14-23)26-30-25-10-6-5-9-24(25)27(31-26)29-19-21-7-3-2-4-8-21/h2-14,20H,15-19H2,1H3,(H,29,30,31)/t20-/m0/s1. The number of piperazine rings is 1. The number of sulfonamides is 1. The molecule has 1 aliphatic rings. The van der Waals surface area contributed by atoms with Crippen molar-refractivity contribution in [3.63, 3.8) is 0 Å². The van der Waals surface area contributed by atoms with Crippen LogP contribution in [0.5, 0.6) is 0 Å². The zero-order chi connectivity index (χ0) is 25.1. The Morgan fingerprint density at radius 2 is 1.56 bits per heavy atom. The molecule has 1 aliphatic heterocycles. The van der Waals surface area contributed by atoms with Gasteiger partial charge in [-0.05, 0) is 48.9 Å². The molecule has 0 radical (unpaired) electrons. The molecule has 1 aromatic heterocycles. The van der Waals surface area contributed by atoms with Crippen LogP contribution in [0.25, 0.3) is 10.9 Å². The van der Waals surface area contributed by atoms with E-state index in [0.717, 1.165) is 22.3 Å². The summed E-state index contributed by atoms with van der Waals surface area (Å²) in [4.78, 5) is 12.0. The van der Waals surface area contributed by atoms with Crippen LogP contribution >= 0.6 is 0 Å². The minimum absolute atomic E-state index is 0.0949. The van der Waals surface area contributed by atoms with Gasteiger partial charge in [-0.15, -0.1) is 0 Å². The Hall–Kier alpha value is -3.40. The third kappa shape index (κ3) is 5.09. The Balaban J connectivity index is 1.32. The number of rotatable bonds is 7. The van der Waals surface area contributed by atoms with E-state index in [2.05, 4.69) is 29.3 Å². The first-order valence-corrected chi connectivity index (χ1v) is 13.4. The van der Waals surface area contributed by atoms with Gasteiger partial charge in [0.25, 0.3) is 0 Å². The molecule has 1 saturated heterocycles. The molecule has 2 heterocycles.